The fourth-order valence-electron chi connectivity index (χ4n) is 1.80. The monoisotopic (exact) mass is 320 g/mol. The number of benzene rings is 1. The van der Waals surface area contributed by atoms with Crippen molar-refractivity contribution in [2.75, 3.05) is 26.3 Å². The third-order valence-corrected chi connectivity index (χ3v) is 4.58. The molecule has 0 saturated carbocycles. The van der Waals surface area contributed by atoms with Gasteiger partial charge in [-0.3, -0.25) is 0 Å². The molecule has 9 heteroatoms. The van der Waals surface area contributed by atoms with E-state index in [1.807, 2.05) is 0 Å². The molecule has 7 nitrogen and oxygen atoms in total. The first-order chi connectivity index (χ1) is 9.00. The summed E-state index contributed by atoms with van der Waals surface area (Å²) in [5.41, 5.74) is 11.0. The van der Waals surface area contributed by atoms with E-state index in [-0.39, 0.29) is 23.3 Å². The summed E-state index contributed by atoms with van der Waals surface area (Å²) < 4.78 is 31.3. The van der Waals surface area contributed by atoms with Crippen molar-refractivity contribution >= 4 is 34.1 Å². The number of sulfonamides is 1. The van der Waals surface area contributed by atoms with E-state index in [1.54, 1.807) is 12.1 Å². The van der Waals surface area contributed by atoms with Gasteiger partial charge in [0.15, 0.2) is 5.96 Å². The number of morpholine rings is 1. The summed E-state index contributed by atoms with van der Waals surface area (Å²) in [5.74, 6) is -0.110. The molecule has 1 aromatic rings. The van der Waals surface area contributed by atoms with Crippen LogP contribution in [0.5, 0.6) is 0 Å². The zero-order valence-electron chi connectivity index (χ0n) is 10.7. The Balaban J connectivity index is 0.00000200. The van der Waals surface area contributed by atoms with Crippen LogP contribution in [0.3, 0.4) is 0 Å². The lowest BCUT2D eigenvalue weighted by molar-refractivity contribution is 0.0730. The molecule has 0 spiro atoms. The maximum absolute atomic E-state index is 12.4. The van der Waals surface area contributed by atoms with Crippen molar-refractivity contribution in [2.24, 2.45) is 16.5 Å². The number of nitrogens with zero attached hydrogens (tertiary/aromatic N) is 2. The van der Waals surface area contributed by atoms with Crippen molar-refractivity contribution in [3.05, 3.63) is 24.3 Å². The van der Waals surface area contributed by atoms with Gasteiger partial charge in [0.1, 0.15) is 0 Å². The molecule has 1 aliphatic rings. The lowest BCUT2D eigenvalue weighted by atomic mass is 10.3. The third kappa shape index (κ3) is 3.83. The van der Waals surface area contributed by atoms with Crippen molar-refractivity contribution in [1.82, 2.24) is 4.31 Å². The molecule has 0 aliphatic carbocycles. The van der Waals surface area contributed by atoms with E-state index in [4.69, 9.17) is 16.2 Å². The van der Waals surface area contributed by atoms with E-state index >= 15 is 0 Å². The first-order valence-electron chi connectivity index (χ1n) is 5.78. The molecule has 20 heavy (non-hydrogen) atoms. The smallest absolute Gasteiger partial charge is 0.243 e. The van der Waals surface area contributed by atoms with Crippen LogP contribution in [0.4, 0.5) is 5.69 Å². The van der Waals surface area contributed by atoms with Gasteiger partial charge in [-0.25, -0.2) is 13.4 Å². The van der Waals surface area contributed by atoms with Crippen LogP contribution in [0.2, 0.25) is 0 Å². The molecule has 1 saturated heterocycles. The molecule has 0 unspecified atom stereocenters. The molecule has 112 valence electrons. The molecule has 0 radical (unpaired) electrons. The number of rotatable bonds is 3. The van der Waals surface area contributed by atoms with Gasteiger partial charge in [-0.05, 0) is 18.2 Å². The van der Waals surface area contributed by atoms with Crippen LogP contribution >= 0.6 is 12.4 Å². The summed E-state index contributed by atoms with van der Waals surface area (Å²) in [5, 5.41) is 0. The van der Waals surface area contributed by atoms with Crippen LogP contribution in [0.25, 0.3) is 0 Å². The third-order valence-electron chi connectivity index (χ3n) is 2.68. The minimum Gasteiger partial charge on any atom is -0.379 e. The highest BCUT2D eigenvalue weighted by molar-refractivity contribution is 7.89. The Labute approximate surface area is 124 Å². The Kier molecular flexibility index (Phi) is 5.75. The van der Waals surface area contributed by atoms with Gasteiger partial charge in [-0.15, -0.1) is 12.4 Å². The van der Waals surface area contributed by atoms with Crippen molar-refractivity contribution < 1.29 is 13.2 Å². The normalized spacial score (nSPS) is 16.2. The van der Waals surface area contributed by atoms with Crippen molar-refractivity contribution in [1.29, 1.82) is 0 Å². The summed E-state index contributed by atoms with van der Waals surface area (Å²) in [6.45, 7) is 1.53. The molecular weight excluding hydrogens is 304 g/mol. The molecular formula is C11H17ClN4O3S. The Hall–Kier alpha value is -1.35. The molecule has 4 N–H and O–H groups in total. The second-order valence-corrected chi connectivity index (χ2v) is 5.99. The molecule has 1 fully saturated rings. The molecule has 0 atom stereocenters. The number of aliphatic imine (C=N–C) groups is 1. The number of halogens is 1. The quantitative estimate of drug-likeness (QED) is 0.603. The molecule has 0 bridgehead atoms. The van der Waals surface area contributed by atoms with Crippen molar-refractivity contribution in [2.45, 2.75) is 4.90 Å². The molecule has 1 heterocycles. The maximum Gasteiger partial charge on any atom is 0.243 e. The number of ether oxygens (including phenoxy) is 1. The maximum atomic E-state index is 12.4. The lowest BCUT2D eigenvalue weighted by Gasteiger charge is -2.26. The topological polar surface area (TPSA) is 111 Å². The largest absolute Gasteiger partial charge is 0.379 e. The highest BCUT2D eigenvalue weighted by Gasteiger charge is 2.26. The van der Waals surface area contributed by atoms with Gasteiger partial charge in [-0.1, -0.05) is 6.07 Å². The summed E-state index contributed by atoms with van der Waals surface area (Å²) in [7, 11) is -3.52. The average Bonchev–Trinajstić information content (AvgIpc) is 2.39. The Morgan fingerprint density at radius 2 is 1.90 bits per heavy atom. The fourth-order valence-corrected chi connectivity index (χ4v) is 3.25. The summed E-state index contributed by atoms with van der Waals surface area (Å²) in [6.07, 6.45) is 0. The molecule has 0 amide bonds. The Bertz CT molecular complexity index is 581. The number of guanidine groups is 1. The second-order valence-electron chi connectivity index (χ2n) is 4.05. The van der Waals surface area contributed by atoms with Crippen molar-refractivity contribution in [3.8, 4) is 0 Å². The highest BCUT2D eigenvalue weighted by atomic mass is 35.5. The summed E-state index contributed by atoms with van der Waals surface area (Å²) >= 11 is 0. The van der Waals surface area contributed by atoms with E-state index in [2.05, 4.69) is 4.99 Å². The van der Waals surface area contributed by atoms with Crippen LogP contribution < -0.4 is 11.5 Å². The predicted molar refractivity (Wildman–Crippen MR) is 78.7 cm³/mol. The molecule has 2 rings (SSSR count). The number of hydrogen-bond donors (Lipinski definition) is 2. The van der Waals surface area contributed by atoms with Crippen molar-refractivity contribution in [3.63, 3.8) is 0 Å². The first kappa shape index (κ1) is 16.7. The molecule has 0 aromatic heterocycles. The number of hydrogen-bond acceptors (Lipinski definition) is 4. The zero-order chi connectivity index (χ0) is 13.9. The Morgan fingerprint density at radius 3 is 2.50 bits per heavy atom. The highest BCUT2D eigenvalue weighted by Crippen LogP contribution is 2.21. The van der Waals surface area contributed by atoms with Crippen LogP contribution in [0.15, 0.2) is 34.2 Å². The SMILES string of the molecule is Cl.NC(N)=Nc1cccc(S(=O)(=O)N2CCOCC2)c1. The van der Waals surface area contributed by atoms with Gasteiger partial charge < -0.3 is 16.2 Å². The number of nitrogens with two attached hydrogens (primary N) is 2. The van der Waals surface area contributed by atoms with Gasteiger partial charge in [-0.2, -0.15) is 4.31 Å². The molecule has 1 aliphatic heterocycles. The van der Waals surface area contributed by atoms with Crippen LogP contribution in [-0.2, 0) is 14.8 Å². The standard InChI is InChI=1S/C11H16N4O3S.ClH/c12-11(13)14-9-2-1-3-10(8-9)19(16,17)15-4-6-18-7-5-15;/h1-3,8H,4-7H2,(H4,12,13,14);1H. The molecule has 1 aromatic carbocycles. The van der Waals surface area contributed by atoms with E-state index in [9.17, 15) is 8.42 Å². The zero-order valence-corrected chi connectivity index (χ0v) is 12.4. The summed E-state index contributed by atoms with van der Waals surface area (Å²) in [4.78, 5) is 4.02. The minimum atomic E-state index is -3.52. The van der Waals surface area contributed by atoms with Crippen LogP contribution in [0, 0.1) is 0 Å². The second kappa shape index (κ2) is 6.89. The van der Waals surface area contributed by atoms with Gasteiger partial charge in [0, 0.05) is 13.1 Å². The van der Waals surface area contributed by atoms with Gasteiger partial charge >= 0.3 is 0 Å². The van der Waals surface area contributed by atoms with E-state index in [0.717, 1.165) is 0 Å². The average molecular weight is 321 g/mol. The van der Waals surface area contributed by atoms with Gasteiger partial charge in [0.2, 0.25) is 10.0 Å². The minimum absolute atomic E-state index is 0. The first-order valence-corrected chi connectivity index (χ1v) is 7.22. The fraction of sp³-hybridized carbons (Fsp3) is 0.364. The lowest BCUT2D eigenvalue weighted by Crippen LogP contribution is -2.40. The van der Waals surface area contributed by atoms with E-state index < -0.39 is 10.0 Å². The van der Waals surface area contributed by atoms with E-state index in [0.29, 0.717) is 32.0 Å². The van der Waals surface area contributed by atoms with Gasteiger partial charge in [0.05, 0.1) is 23.8 Å². The predicted octanol–water partition coefficient (Wildman–Crippen LogP) is 0.0342. The van der Waals surface area contributed by atoms with Crippen LogP contribution in [0.1, 0.15) is 0 Å². The Morgan fingerprint density at radius 1 is 1.25 bits per heavy atom. The van der Waals surface area contributed by atoms with E-state index in [1.165, 1.54) is 16.4 Å². The van der Waals surface area contributed by atoms with Crippen LogP contribution in [-0.4, -0.2) is 45.0 Å². The van der Waals surface area contributed by atoms with Gasteiger partial charge in [0.25, 0.3) is 0 Å². The summed E-state index contributed by atoms with van der Waals surface area (Å²) in [6, 6.07) is 6.22.